The van der Waals surface area contributed by atoms with Gasteiger partial charge in [0, 0.05) is 12.0 Å². The molecule has 1 amide bonds. The van der Waals surface area contributed by atoms with Crippen LogP contribution in [0.15, 0.2) is 12.2 Å². The van der Waals surface area contributed by atoms with Crippen molar-refractivity contribution in [3.05, 3.63) is 12.2 Å². The largest absolute Gasteiger partial charge is 1.00 e. The Morgan fingerprint density at radius 3 is 2.43 bits per heavy atom. The quantitative estimate of drug-likeness (QED) is 0.150. The Labute approximate surface area is 175 Å². The Bertz CT molecular complexity index is 458. The van der Waals surface area contributed by atoms with Gasteiger partial charge in [0.25, 0.3) is 5.91 Å². The summed E-state index contributed by atoms with van der Waals surface area (Å²) in [5.74, 6) is -0.0985. The number of halogens is 1. The third kappa shape index (κ3) is 10.2. The fraction of sp³-hybridized carbons (Fsp3) is 0.842. The predicted molar refractivity (Wildman–Crippen MR) is 102 cm³/mol. The summed E-state index contributed by atoms with van der Waals surface area (Å²) in [5, 5.41) is 12.0. The van der Waals surface area contributed by atoms with E-state index in [0.717, 1.165) is 6.42 Å². The van der Waals surface area contributed by atoms with Gasteiger partial charge in [0.05, 0.1) is 60.3 Å². The van der Waals surface area contributed by atoms with E-state index in [9.17, 15) is 9.90 Å². The van der Waals surface area contributed by atoms with Crippen LogP contribution in [0.3, 0.4) is 0 Å². The lowest BCUT2D eigenvalue weighted by atomic mass is 10.3. The standard InChI is InChI=1S/C19H37N2O6.ClH/c1-6-8-20(19(23)16(2)3)21(4,5)14-17(22)15-25-11-10-24-9-7-18-26-12-13-27-18;/h17-18,22H,2,6-15H2,1,3-5H3;1H/q+1;/p-1. The molecule has 166 valence electrons. The second kappa shape index (κ2) is 14.3. The lowest BCUT2D eigenvalue weighted by Gasteiger charge is -2.40. The molecule has 0 aliphatic carbocycles. The van der Waals surface area contributed by atoms with Gasteiger partial charge >= 0.3 is 0 Å². The second-order valence-electron chi connectivity index (χ2n) is 7.31. The highest BCUT2D eigenvalue weighted by molar-refractivity contribution is 5.91. The van der Waals surface area contributed by atoms with E-state index in [-0.39, 0.29) is 35.8 Å². The van der Waals surface area contributed by atoms with E-state index in [1.807, 2.05) is 21.0 Å². The summed E-state index contributed by atoms with van der Waals surface area (Å²) in [5.41, 5.74) is 0.492. The molecule has 1 rings (SSSR count). The smallest absolute Gasteiger partial charge is 0.293 e. The normalized spacial score (nSPS) is 15.9. The molecule has 9 heteroatoms. The third-order valence-electron chi connectivity index (χ3n) is 4.22. The van der Waals surface area contributed by atoms with Gasteiger partial charge in [-0.1, -0.05) is 13.5 Å². The van der Waals surface area contributed by atoms with Crippen LogP contribution >= 0.6 is 0 Å². The van der Waals surface area contributed by atoms with Gasteiger partial charge in [-0.25, -0.2) is 4.59 Å². The van der Waals surface area contributed by atoms with E-state index in [4.69, 9.17) is 18.9 Å². The summed E-state index contributed by atoms with van der Waals surface area (Å²) >= 11 is 0. The zero-order valence-electron chi connectivity index (χ0n) is 17.7. The first-order chi connectivity index (χ1) is 12.8. The monoisotopic (exact) mass is 424 g/mol. The van der Waals surface area contributed by atoms with Gasteiger partial charge in [-0.05, 0) is 13.3 Å². The van der Waals surface area contributed by atoms with E-state index < -0.39 is 6.10 Å². The Kier molecular flexibility index (Phi) is 13.9. The maximum Gasteiger partial charge on any atom is 0.293 e. The minimum atomic E-state index is -0.683. The number of aliphatic hydroxyl groups is 1. The van der Waals surface area contributed by atoms with Gasteiger partial charge in [-0.15, -0.1) is 0 Å². The molecule has 1 fully saturated rings. The zero-order chi connectivity index (χ0) is 20.3. The number of nitrogens with zero attached hydrogens (tertiary/aromatic N) is 2. The Balaban J connectivity index is 0.00000729. The molecule has 1 unspecified atom stereocenters. The molecule has 0 bridgehead atoms. The van der Waals surface area contributed by atoms with E-state index in [1.165, 1.54) is 0 Å². The van der Waals surface area contributed by atoms with Crippen molar-refractivity contribution in [1.29, 1.82) is 0 Å². The Morgan fingerprint density at radius 2 is 1.86 bits per heavy atom. The molecule has 0 radical (unpaired) electrons. The van der Waals surface area contributed by atoms with Crippen LogP contribution in [0.1, 0.15) is 26.7 Å². The van der Waals surface area contributed by atoms with Gasteiger partial charge in [0.15, 0.2) is 6.29 Å². The fourth-order valence-corrected chi connectivity index (χ4v) is 2.91. The SMILES string of the molecule is C=C(C)C(=O)N(CCC)[N+](C)(C)CC(O)COCCOCCC1OCCO1.[Cl-]. The molecule has 0 spiro atoms. The van der Waals surface area contributed by atoms with Crippen molar-refractivity contribution in [3.8, 4) is 0 Å². The number of likely N-dealkylation sites (N-methyl/N-ethyl adjacent to an activating group) is 1. The first-order valence-electron chi connectivity index (χ1n) is 9.65. The number of aliphatic hydroxyl groups excluding tert-OH is 1. The first kappa shape index (κ1) is 27.3. The molecule has 0 aromatic carbocycles. The number of quaternary nitrogens is 1. The third-order valence-corrected chi connectivity index (χ3v) is 4.22. The van der Waals surface area contributed by atoms with Crippen LogP contribution in [0.5, 0.6) is 0 Å². The van der Waals surface area contributed by atoms with Crippen LogP contribution in [0.2, 0.25) is 0 Å². The summed E-state index contributed by atoms with van der Waals surface area (Å²) in [6, 6.07) is 0. The van der Waals surface area contributed by atoms with Gasteiger partial charge in [0.1, 0.15) is 12.6 Å². The molecule has 1 aliphatic rings. The molecule has 0 aromatic rings. The van der Waals surface area contributed by atoms with Crippen LogP contribution < -0.4 is 12.4 Å². The van der Waals surface area contributed by atoms with E-state index in [1.54, 1.807) is 11.9 Å². The number of hydrogen-bond donors (Lipinski definition) is 1. The van der Waals surface area contributed by atoms with E-state index in [0.29, 0.717) is 58.1 Å². The zero-order valence-corrected chi connectivity index (χ0v) is 18.4. The maximum absolute atomic E-state index is 12.4. The lowest BCUT2D eigenvalue weighted by Crippen LogP contribution is -3.00. The van der Waals surface area contributed by atoms with Gasteiger partial charge in [-0.3, -0.25) is 4.79 Å². The maximum atomic E-state index is 12.4. The first-order valence-corrected chi connectivity index (χ1v) is 9.65. The molecule has 8 nitrogen and oxygen atoms in total. The Morgan fingerprint density at radius 1 is 1.25 bits per heavy atom. The molecule has 1 aliphatic heterocycles. The predicted octanol–water partition coefficient (Wildman–Crippen LogP) is -2.05. The number of carbonyl (C=O) groups excluding carboxylic acids is 1. The topological polar surface area (TPSA) is 77.5 Å². The number of hydrogen-bond acceptors (Lipinski definition) is 6. The summed E-state index contributed by atoms with van der Waals surface area (Å²) in [6.07, 6.45) is 0.707. The molecular weight excluding hydrogens is 388 g/mol. The Hall–Kier alpha value is -0.740. The van der Waals surface area contributed by atoms with Gasteiger partial charge in [0.2, 0.25) is 0 Å². The number of rotatable bonds is 14. The van der Waals surface area contributed by atoms with Crippen molar-refractivity contribution in [2.45, 2.75) is 39.1 Å². The van der Waals surface area contributed by atoms with Crippen LogP contribution in [-0.2, 0) is 23.7 Å². The van der Waals surface area contributed by atoms with E-state index in [2.05, 4.69) is 6.58 Å². The number of carbonyl (C=O) groups is 1. The highest BCUT2D eigenvalue weighted by Gasteiger charge is 2.32. The van der Waals surface area contributed by atoms with Crippen LogP contribution in [-0.4, -0.2) is 99.8 Å². The van der Waals surface area contributed by atoms with Crippen molar-refractivity contribution in [3.63, 3.8) is 0 Å². The molecule has 0 aromatic heterocycles. The van der Waals surface area contributed by atoms with E-state index >= 15 is 0 Å². The minimum absolute atomic E-state index is 0. The van der Waals surface area contributed by atoms with Gasteiger partial charge in [-0.2, -0.15) is 5.01 Å². The summed E-state index contributed by atoms with van der Waals surface area (Å²) in [4.78, 5) is 12.4. The van der Waals surface area contributed by atoms with Crippen LogP contribution in [0, 0.1) is 0 Å². The summed E-state index contributed by atoms with van der Waals surface area (Å²) in [6.45, 7) is 11.3. The second-order valence-corrected chi connectivity index (χ2v) is 7.31. The number of ether oxygens (including phenoxy) is 4. The van der Waals surface area contributed by atoms with Crippen molar-refractivity contribution in [2.75, 3.05) is 66.8 Å². The fourth-order valence-electron chi connectivity index (χ4n) is 2.91. The van der Waals surface area contributed by atoms with Crippen molar-refractivity contribution in [2.24, 2.45) is 0 Å². The molecule has 1 heterocycles. The van der Waals surface area contributed by atoms with Crippen molar-refractivity contribution < 1.29 is 45.8 Å². The summed E-state index contributed by atoms with van der Waals surface area (Å²) < 4.78 is 21.9. The lowest BCUT2D eigenvalue weighted by molar-refractivity contribution is -0.992. The summed E-state index contributed by atoms with van der Waals surface area (Å²) in [7, 11) is 3.80. The van der Waals surface area contributed by atoms with Crippen molar-refractivity contribution >= 4 is 5.91 Å². The average molecular weight is 425 g/mol. The molecule has 1 saturated heterocycles. The van der Waals surface area contributed by atoms with Gasteiger partial charge < -0.3 is 36.5 Å². The average Bonchev–Trinajstić information content (AvgIpc) is 3.11. The van der Waals surface area contributed by atoms with Crippen molar-refractivity contribution in [1.82, 2.24) is 5.01 Å². The van der Waals surface area contributed by atoms with Crippen LogP contribution in [0.4, 0.5) is 0 Å². The molecule has 1 N–H and O–H groups in total. The number of amides is 1. The highest BCUT2D eigenvalue weighted by Crippen LogP contribution is 2.12. The molecule has 28 heavy (non-hydrogen) atoms. The van der Waals surface area contributed by atoms with Crippen LogP contribution in [0.25, 0.3) is 0 Å². The highest BCUT2D eigenvalue weighted by atomic mass is 35.5. The molecular formula is C19H37ClN2O6. The molecule has 1 atom stereocenters. The minimum Gasteiger partial charge on any atom is -1.00 e. The molecule has 0 saturated carbocycles.